The molecule has 1 aliphatic carbocycles. The number of nitrogens with zero attached hydrogens (tertiary/aromatic N) is 1. The van der Waals surface area contributed by atoms with Crippen LogP contribution < -0.4 is 16.0 Å². The predicted molar refractivity (Wildman–Crippen MR) is 132 cm³/mol. The maximum Gasteiger partial charge on any atom is 0.319 e. The Bertz CT molecular complexity index is 1250. The number of aromatic amines is 1. The second-order valence-corrected chi connectivity index (χ2v) is 8.91. The van der Waals surface area contributed by atoms with Crippen molar-refractivity contribution in [1.29, 1.82) is 0 Å². The van der Waals surface area contributed by atoms with Gasteiger partial charge in [-0.1, -0.05) is 36.0 Å². The summed E-state index contributed by atoms with van der Waals surface area (Å²) in [5.41, 5.74) is 5.01. The van der Waals surface area contributed by atoms with Gasteiger partial charge in [0.15, 0.2) is 5.16 Å². The third kappa shape index (κ3) is 5.53. The van der Waals surface area contributed by atoms with Crippen LogP contribution in [-0.4, -0.2) is 27.9 Å². The molecule has 0 saturated heterocycles. The first kappa shape index (κ1) is 21.1. The number of H-pyrrole nitrogens is 1. The van der Waals surface area contributed by atoms with Crippen LogP contribution in [0.5, 0.6) is 0 Å². The van der Waals surface area contributed by atoms with Gasteiger partial charge in [0.05, 0.1) is 11.0 Å². The molecule has 33 heavy (non-hydrogen) atoms. The quantitative estimate of drug-likeness (QED) is 0.280. The molecule has 8 heteroatoms. The van der Waals surface area contributed by atoms with Crippen LogP contribution in [0, 0.1) is 0 Å². The van der Waals surface area contributed by atoms with Gasteiger partial charge in [-0.3, -0.25) is 4.79 Å². The lowest BCUT2D eigenvalue weighted by Gasteiger charge is -2.09. The van der Waals surface area contributed by atoms with Crippen molar-refractivity contribution < 1.29 is 9.59 Å². The second-order valence-electron chi connectivity index (χ2n) is 7.95. The largest absolute Gasteiger partial charge is 0.335 e. The van der Waals surface area contributed by atoms with Gasteiger partial charge >= 0.3 is 6.03 Å². The zero-order valence-corrected chi connectivity index (χ0v) is 18.6. The van der Waals surface area contributed by atoms with Gasteiger partial charge in [-0.25, -0.2) is 9.78 Å². The molecule has 5 rings (SSSR count). The number of hydrogen-bond acceptors (Lipinski definition) is 4. The highest BCUT2D eigenvalue weighted by atomic mass is 32.2. The molecule has 3 amide bonds. The fourth-order valence-corrected chi connectivity index (χ4v) is 4.16. The topological polar surface area (TPSA) is 98.9 Å². The number of benzene rings is 3. The average molecular weight is 458 g/mol. The molecule has 3 aromatic carbocycles. The monoisotopic (exact) mass is 457 g/mol. The van der Waals surface area contributed by atoms with Gasteiger partial charge in [-0.05, 0) is 66.9 Å². The number of imidazole rings is 1. The zero-order chi connectivity index (χ0) is 22.6. The van der Waals surface area contributed by atoms with Crippen LogP contribution in [0.2, 0.25) is 0 Å². The fourth-order valence-electron chi connectivity index (χ4n) is 3.32. The van der Waals surface area contributed by atoms with Gasteiger partial charge in [0.1, 0.15) is 0 Å². The van der Waals surface area contributed by atoms with Crippen molar-refractivity contribution in [2.24, 2.45) is 0 Å². The van der Waals surface area contributed by atoms with Crippen molar-refractivity contribution in [2.45, 2.75) is 29.8 Å². The molecule has 1 aliphatic rings. The zero-order valence-electron chi connectivity index (χ0n) is 17.8. The number of aromatic nitrogens is 2. The Labute approximate surface area is 195 Å². The molecule has 0 radical (unpaired) electrons. The summed E-state index contributed by atoms with van der Waals surface area (Å²) in [6.45, 7) is 0. The first-order valence-electron chi connectivity index (χ1n) is 10.8. The van der Waals surface area contributed by atoms with E-state index in [2.05, 4.69) is 25.9 Å². The van der Waals surface area contributed by atoms with Crippen LogP contribution in [0.3, 0.4) is 0 Å². The predicted octanol–water partition coefficient (Wildman–Crippen LogP) is 5.39. The van der Waals surface area contributed by atoms with Crippen LogP contribution in [0.1, 0.15) is 28.8 Å². The van der Waals surface area contributed by atoms with Gasteiger partial charge in [-0.2, -0.15) is 0 Å². The highest BCUT2D eigenvalue weighted by molar-refractivity contribution is 7.98. The maximum absolute atomic E-state index is 12.6. The number of rotatable bonds is 7. The van der Waals surface area contributed by atoms with E-state index in [4.69, 9.17) is 0 Å². The van der Waals surface area contributed by atoms with E-state index >= 15 is 0 Å². The van der Waals surface area contributed by atoms with E-state index < -0.39 is 0 Å². The number of para-hydroxylation sites is 2. The van der Waals surface area contributed by atoms with E-state index in [1.165, 1.54) is 0 Å². The number of fused-ring (bicyclic) bond motifs is 1. The van der Waals surface area contributed by atoms with Gasteiger partial charge in [0.2, 0.25) is 0 Å². The fraction of sp³-hybridized carbons (Fsp3) is 0.160. The van der Waals surface area contributed by atoms with Gasteiger partial charge in [0, 0.05) is 28.7 Å². The van der Waals surface area contributed by atoms with Crippen LogP contribution >= 0.6 is 11.8 Å². The molecule has 0 unspecified atom stereocenters. The molecule has 0 spiro atoms. The summed E-state index contributed by atoms with van der Waals surface area (Å²) in [5, 5.41) is 9.43. The molecule has 4 N–H and O–H groups in total. The summed E-state index contributed by atoms with van der Waals surface area (Å²) in [6, 6.07) is 22.7. The highest BCUT2D eigenvalue weighted by Gasteiger charge is 2.23. The Morgan fingerprint density at radius 3 is 2.30 bits per heavy atom. The summed E-state index contributed by atoms with van der Waals surface area (Å²) in [7, 11) is 0. The van der Waals surface area contributed by atoms with E-state index in [0.717, 1.165) is 40.3 Å². The summed E-state index contributed by atoms with van der Waals surface area (Å²) >= 11 is 1.63. The average Bonchev–Trinajstić information content (AvgIpc) is 3.54. The number of thioether (sulfide) groups is 1. The van der Waals surface area contributed by atoms with Crippen molar-refractivity contribution in [3.05, 3.63) is 83.9 Å². The number of carbonyl (C=O) groups excluding carboxylic acids is 2. The van der Waals surface area contributed by atoms with Gasteiger partial charge in [0.25, 0.3) is 5.91 Å². The molecule has 0 aliphatic heterocycles. The minimum absolute atomic E-state index is 0.182. The maximum atomic E-state index is 12.6. The minimum atomic E-state index is -0.201. The van der Waals surface area contributed by atoms with E-state index in [9.17, 15) is 9.59 Å². The third-order valence-electron chi connectivity index (χ3n) is 5.27. The number of carbonyl (C=O) groups is 2. The lowest BCUT2D eigenvalue weighted by molar-refractivity contribution is 0.102. The normalized spacial score (nSPS) is 13.0. The number of urea groups is 1. The van der Waals surface area contributed by atoms with Crippen LogP contribution in [0.15, 0.2) is 78.0 Å². The smallest absolute Gasteiger partial charge is 0.319 e. The van der Waals surface area contributed by atoms with Gasteiger partial charge < -0.3 is 20.9 Å². The van der Waals surface area contributed by atoms with Crippen molar-refractivity contribution in [1.82, 2.24) is 15.3 Å². The molecule has 0 bridgehead atoms. The summed E-state index contributed by atoms with van der Waals surface area (Å²) in [4.78, 5) is 32.3. The SMILES string of the molecule is O=C(Nc1ccc(NC(=O)c2ccc(CSc3nc4ccccc4[nH]3)cc2)cc1)NC1CC1. The Hall–Kier alpha value is -3.78. The van der Waals surface area contributed by atoms with Crippen LogP contribution in [0.25, 0.3) is 11.0 Å². The van der Waals surface area contributed by atoms with E-state index in [1.54, 1.807) is 36.0 Å². The molecular weight excluding hydrogens is 434 g/mol. The molecule has 1 saturated carbocycles. The first-order chi connectivity index (χ1) is 16.1. The number of anilines is 2. The molecular formula is C25H23N5O2S. The Morgan fingerprint density at radius 2 is 1.61 bits per heavy atom. The molecule has 1 fully saturated rings. The number of hydrogen-bond donors (Lipinski definition) is 4. The molecule has 166 valence electrons. The summed E-state index contributed by atoms with van der Waals surface area (Å²) in [6.07, 6.45) is 2.08. The van der Waals surface area contributed by atoms with E-state index in [0.29, 0.717) is 23.0 Å². The molecule has 4 aromatic rings. The Balaban J connectivity index is 1.13. The van der Waals surface area contributed by atoms with Crippen molar-refractivity contribution in [3.63, 3.8) is 0 Å². The Morgan fingerprint density at radius 1 is 0.909 bits per heavy atom. The highest BCUT2D eigenvalue weighted by Crippen LogP contribution is 2.23. The summed E-state index contributed by atoms with van der Waals surface area (Å²) in [5.74, 6) is 0.573. The first-order valence-corrected chi connectivity index (χ1v) is 11.8. The second kappa shape index (κ2) is 9.38. The third-order valence-corrected chi connectivity index (χ3v) is 6.22. The molecule has 1 aromatic heterocycles. The van der Waals surface area contributed by atoms with Gasteiger partial charge in [-0.15, -0.1) is 0 Å². The number of amides is 3. The standard InChI is InChI=1S/C25H23N5O2S/c31-23(26-18-9-11-19(12-10-18)27-24(32)28-20-13-14-20)17-7-5-16(6-8-17)15-33-25-29-21-3-1-2-4-22(21)30-25/h1-12,20H,13-15H2,(H,26,31)(H,29,30)(H2,27,28,32). The van der Waals surface area contributed by atoms with E-state index in [-0.39, 0.29) is 11.9 Å². The summed E-state index contributed by atoms with van der Waals surface area (Å²) < 4.78 is 0. The van der Waals surface area contributed by atoms with Crippen molar-refractivity contribution >= 4 is 46.1 Å². The minimum Gasteiger partial charge on any atom is -0.335 e. The Kier molecular flexibility index (Phi) is 5.99. The molecule has 0 atom stereocenters. The van der Waals surface area contributed by atoms with E-state index in [1.807, 2.05) is 48.5 Å². The lowest BCUT2D eigenvalue weighted by Crippen LogP contribution is -2.30. The lowest BCUT2D eigenvalue weighted by atomic mass is 10.1. The van der Waals surface area contributed by atoms with Crippen LogP contribution in [-0.2, 0) is 5.75 Å². The van der Waals surface area contributed by atoms with Crippen molar-refractivity contribution in [2.75, 3.05) is 10.6 Å². The molecule has 1 heterocycles. The number of nitrogens with one attached hydrogen (secondary N) is 4. The van der Waals surface area contributed by atoms with Crippen LogP contribution in [0.4, 0.5) is 16.2 Å². The molecule has 7 nitrogen and oxygen atoms in total. The van der Waals surface area contributed by atoms with Crippen molar-refractivity contribution in [3.8, 4) is 0 Å².